The van der Waals surface area contributed by atoms with Crippen molar-refractivity contribution in [3.05, 3.63) is 41.2 Å². The first-order valence-electron chi connectivity index (χ1n) is 4.18. The van der Waals surface area contributed by atoms with Gasteiger partial charge in [0, 0.05) is 12.0 Å². The highest BCUT2D eigenvalue weighted by atomic mass is 19.1. The molecule has 0 heterocycles. The Morgan fingerprint density at radius 3 is 2.85 bits per heavy atom. The summed E-state index contributed by atoms with van der Waals surface area (Å²) in [5.41, 5.74) is 2.35. The van der Waals surface area contributed by atoms with Crippen LogP contribution in [0.3, 0.4) is 0 Å². The Morgan fingerprint density at radius 1 is 1.31 bits per heavy atom. The van der Waals surface area contributed by atoms with Crippen molar-refractivity contribution in [2.24, 2.45) is 0 Å². The zero-order valence-corrected chi connectivity index (χ0v) is 7.30. The van der Waals surface area contributed by atoms with Crippen LogP contribution in [0.5, 0.6) is 0 Å². The van der Waals surface area contributed by atoms with E-state index in [0.717, 1.165) is 11.1 Å². The Kier molecular flexibility index (Phi) is 1.76. The minimum Gasteiger partial charge on any atom is -0.294 e. The van der Waals surface area contributed by atoms with Crippen LogP contribution in [-0.4, -0.2) is 5.78 Å². The molecule has 1 aliphatic carbocycles. The van der Waals surface area contributed by atoms with E-state index in [-0.39, 0.29) is 11.6 Å². The minimum absolute atomic E-state index is 0.0700. The average molecular weight is 176 g/mol. The zero-order chi connectivity index (χ0) is 9.42. The molecule has 0 atom stereocenters. The lowest BCUT2D eigenvalue weighted by Gasteiger charge is -2.13. The maximum atomic E-state index is 12.9. The van der Waals surface area contributed by atoms with E-state index in [1.807, 2.05) is 13.0 Å². The van der Waals surface area contributed by atoms with E-state index in [0.29, 0.717) is 12.0 Å². The molecule has 0 amide bonds. The van der Waals surface area contributed by atoms with Gasteiger partial charge in [0.05, 0.1) is 0 Å². The Bertz CT molecular complexity index is 405. The van der Waals surface area contributed by atoms with E-state index in [2.05, 4.69) is 0 Å². The van der Waals surface area contributed by atoms with Gasteiger partial charge in [0.15, 0.2) is 5.78 Å². The van der Waals surface area contributed by atoms with Crippen molar-refractivity contribution in [1.82, 2.24) is 0 Å². The number of halogens is 1. The summed E-state index contributed by atoms with van der Waals surface area (Å²) >= 11 is 0. The molecule has 1 aromatic rings. The van der Waals surface area contributed by atoms with Crippen molar-refractivity contribution in [2.45, 2.75) is 13.3 Å². The minimum atomic E-state index is -0.291. The molecule has 0 N–H and O–H groups in total. The van der Waals surface area contributed by atoms with Gasteiger partial charge in [-0.3, -0.25) is 4.79 Å². The molecule has 0 aromatic heterocycles. The first-order valence-corrected chi connectivity index (χ1v) is 4.18. The van der Waals surface area contributed by atoms with Crippen LogP contribution in [0.2, 0.25) is 0 Å². The number of Topliss-reactive ketones (excluding diaryl/α,β-unsaturated/α-hetero) is 1. The van der Waals surface area contributed by atoms with Crippen molar-refractivity contribution >= 4 is 11.4 Å². The molecule has 1 nitrogen and oxygen atoms in total. The second-order valence-electron chi connectivity index (χ2n) is 3.20. The van der Waals surface area contributed by atoms with E-state index in [9.17, 15) is 9.18 Å². The summed E-state index contributed by atoms with van der Waals surface area (Å²) in [5, 5.41) is 0. The summed E-state index contributed by atoms with van der Waals surface area (Å²) < 4.78 is 12.9. The van der Waals surface area contributed by atoms with Gasteiger partial charge in [-0.05, 0) is 36.3 Å². The Morgan fingerprint density at radius 2 is 2.08 bits per heavy atom. The zero-order valence-electron chi connectivity index (χ0n) is 7.30. The Balaban J connectivity index is 2.66. The number of carbonyl (C=O) groups is 1. The standard InChI is InChI=1S/C11H9FO/c1-7-2-5-11(13)9-4-3-8(12)6-10(7)9/h2-4,6H,5H2,1H3. The maximum absolute atomic E-state index is 12.9. The fraction of sp³-hybridized carbons (Fsp3) is 0.182. The van der Waals surface area contributed by atoms with Crippen LogP contribution in [0.15, 0.2) is 24.3 Å². The van der Waals surface area contributed by atoms with Crippen LogP contribution < -0.4 is 0 Å². The van der Waals surface area contributed by atoms with Gasteiger partial charge in [-0.15, -0.1) is 0 Å². The lowest BCUT2D eigenvalue weighted by Crippen LogP contribution is -2.06. The number of hydrogen-bond donors (Lipinski definition) is 0. The molecular formula is C11H9FO. The number of hydrogen-bond acceptors (Lipinski definition) is 1. The molecule has 0 saturated heterocycles. The van der Waals surface area contributed by atoms with E-state index < -0.39 is 0 Å². The predicted octanol–water partition coefficient (Wildman–Crippen LogP) is 2.82. The molecule has 1 aromatic carbocycles. The van der Waals surface area contributed by atoms with Crippen LogP contribution in [0.25, 0.3) is 5.57 Å². The molecule has 0 aliphatic heterocycles. The van der Waals surface area contributed by atoms with Crippen molar-refractivity contribution in [3.8, 4) is 0 Å². The van der Waals surface area contributed by atoms with E-state index in [4.69, 9.17) is 0 Å². The Labute approximate surface area is 75.9 Å². The molecule has 0 unspecified atom stereocenters. The summed E-state index contributed by atoms with van der Waals surface area (Å²) in [6.07, 6.45) is 2.27. The molecule has 0 fully saturated rings. The largest absolute Gasteiger partial charge is 0.294 e. The molecule has 0 bridgehead atoms. The van der Waals surface area contributed by atoms with Crippen LogP contribution in [0, 0.1) is 5.82 Å². The third-order valence-corrected chi connectivity index (χ3v) is 2.30. The maximum Gasteiger partial charge on any atom is 0.167 e. The van der Waals surface area contributed by atoms with Crippen molar-refractivity contribution in [1.29, 1.82) is 0 Å². The van der Waals surface area contributed by atoms with Gasteiger partial charge in [-0.25, -0.2) is 4.39 Å². The molecule has 13 heavy (non-hydrogen) atoms. The highest BCUT2D eigenvalue weighted by molar-refractivity contribution is 6.04. The second-order valence-corrected chi connectivity index (χ2v) is 3.20. The Hall–Kier alpha value is -1.44. The molecule has 1 aliphatic rings. The number of allylic oxidation sites excluding steroid dienone is 2. The first kappa shape index (κ1) is 8.17. The van der Waals surface area contributed by atoms with E-state index in [1.165, 1.54) is 12.1 Å². The van der Waals surface area contributed by atoms with Gasteiger partial charge >= 0.3 is 0 Å². The first-order chi connectivity index (χ1) is 6.18. The monoisotopic (exact) mass is 176 g/mol. The summed E-state index contributed by atoms with van der Waals surface area (Å²) in [5.74, 6) is -0.221. The highest BCUT2D eigenvalue weighted by Gasteiger charge is 2.16. The number of carbonyl (C=O) groups excluding carboxylic acids is 1. The van der Waals surface area contributed by atoms with Gasteiger partial charge in [0.2, 0.25) is 0 Å². The summed E-state index contributed by atoms with van der Waals surface area (Å²) in [4.78, 5) is 11.4. The topological polar surface area (TPSA) is 17.1 Å². The van der Waals surface area contributed by atoms with Crippen LogP contribution in [0.1, 0.15) is 29.3 Å². The average Bonchev–Trinajstić information content (AvgIpc) is 2.12. The molecule has 2 rings (SSSR count). The fourth-order valence-electron chi connectivity index (χ4n) is 1.55. The third kappa shape index (κ3) is 1.28. The van der Waals surface area contributed by atoms with Crippen molar-refractivity contribution in [3.63, 3.8) is 0 Å². The van der Waals surface area contributed by atoms with E-state index in [1.54, 1.807) is 6.07 Å². The van der Waals surface area contributed by atoms with Crippen LogP contribution in [0.4, 0.5) is 4.39 Å². The van der Waals surface area contributed by atoms with Crippen LogP contribution in [-0.2, 0) is 0 Å². The molecule has 66 valence electrons. The summed E-state index contributed by atoms with van der Waals surface area (Å²) in [7, 11) is 0. The molecule has 2 heteroatoms. The van der Waals surface area contributed by atoms with Crippen molar-refractivity contribution in [2.75, 3.05) is 0 Å². The summed E-state index contributed by atoms with van der Waals surface area (Å²) in [6.45, 7) is 1.89. The van der Waals surface area contributed by atoms with Gasteiger partial charge < -0.3 is 0 Å². The van der Waals surface area contributed by atoms with Gasteiger partial charge in [0.25, 0.3) is 0 Å². The molecular weight excluding hydrogens is 167 g/mol. The van der Waals surface area contributed by atoms with Gasteiger partial charge in [-0.2, -0.15) is 0 Å². The van der Waals surface area contributed by atoms with Crippen molar-refractivity contribution < 1.29 is 9.18 Å². The van der Waals surface area contributed by atoms with Gasteiger partial charge in [-0.1, -0.05) is 6.08 Å². The third-order valence-electron chi connectivity index (χ3n) is 2.30. The molecule has 0 spiro atoms. The van der Waals surface area contributed by atoms with Gasteiger partial charge in [0.1, 0.15) is 5.82 Å². The normalized spacial score (nSPS) is 15.2. The number of rotatable bonds is 0. The number of fused-ring (bicyclic) bond motifs is 1. The lowest BCUT2D eigenvalue weighted by molar-refractivity contribution is 0.0994. The second kappa shape index (κ2) is 2.80. The van der Waals surface area contributed by atoms with Crippen LogP contribution >= 0.6 is 0 Å². The fourth-order valence-corrected chi connectivity index (χ4v) is 1.55. The number of benzene rings is 1. The smallest absolute Gasteiger partial charge is 0.167 e. The highest BCUT2D eigenvalue weighted by Crippen LogP contribution is 2.26. The molecule has 0 radical (unpaired) electrons. The summed E-state index contributed by atoms with van der Waals surface area (Å²) in [6, 6.07) is 4.30. The lowest BCUT2D eigenvalue weighted by atomic mass is 9.91. The number of ketones is 1. The SMILES string of the molecule is CC1=CCC(=O)c2ccc(F)cc21. The predicted molar refractivity (Wildman–Crippen MR) is 49.0 cm³/mol. The quantitative estimate of drug-likeness (QED) is 0.594. The van der Waals surface area contributed by atoms with E-state index >= 15 is 0 Å². The molecule has 0 saturated carbocycles.